The highest BCUT2D eigenvalue weighted by molar-refractivity contribution is 6.36. The second-order valence-electron chi connectivity index (χ2n) is 6.91. The van der Waals surface area contributed by atoms with Crippen LogP contribution in [-0.4, -0.2) is 22.1 Å². The van der Waals surface area contributed by atoms with Crippen molar-refractivity contribution in [2.24, 2.45) is 0 Å². The minimum atomic E-state index is -0.528. The van der Waals surface area contributed by atoms with Crippen LogP contribution >= 0.6 is 23.2 Å². The summed E-state index contributed by atoms with van der Waals surface area (Å²) >= 11 is 12.4. The SMILES string of the molecule is COCc1ncc(CNc2cc(Cl)c3ncc(C#N)c(Nc4ccc(F)c(Cl)c4)c3c2)[nH]1. The summed E-state index contributed by atoms with van der Waals surface area (Å²) in [5, 5.41) is 17.1. The van der Waals surface area contributed by atoms with Crippen LogP contribution in [0.1, 0.15) is 17.1 Å². The summed E-state index contributed by atoms with van der Waals surface area (Å²) in [4.78, 5) is 11.7. The molecule has 2 aromatic heterocycles. The molecule has 0 fully saturated rings. The quantitative estimate of drug-likeness (QED) is 0.316. The van der Waals surface area contributed by atoms with E-state index < -0.39 is 5.82 Å². The lowest BCUT2D eigenvalue weighted by atomic mass is 10.1. The van der Waals surface area contributed by atoms with Gasteiger partial charge >= 0.3 is 0 Å². The Morgan fingerprint density at radius 3 is 2.69 bits per heavy atom. The molecule has 162 valence electrons. The lowest BCUT2D eigenvalue weighted by Crippen LogP contribution is -2.02. The first-order chi connectivity index (χ1) is 15.5. The van der Waals surface area contributed by atoms with E-state index in [9.17, 15) is 9.65 Å². The molecule has 32 heavy (non-hydrogen) atoms. The molecule has 0 aliphatic rings. The van der Waals surface area contributed by atoms with E-state index in [2.05, 4.69) is 31.7 Å². The summed E-state index contributed by atoms with van der Waals surface area (Å²) in [6.45, 7) is 0.868. The van der Waals surface area contributed by atoms with Crippen LogP contribution in [-0.2, 0) is 17.9 Å². The third-order valence-corrected chi connectivity index (χ3v) is 5.26. The molecule has 0 saturated heterocycles. The van der Waals surface area contributed by atoms with Crippen LogP contribution in [0.5, 0.6) is 0 Å². The number of nitrogens with zero attached hydrogens (tertiary/aromatic N) is 3. The number of rotatable bonds is 7. The van der Waals surface area contributed by atoms with Crippen molar-refractivity contribution in [3.63, 3.8) is 0 Å². The smallest absolute Gasteiger partial charge is 0.141 e. The number of hydrogen-bond donors (Lipinski definition) is 3. The Labute approximate surface area is 193 Å². The van der Waals surface area contributed by atoms with Gasteiger partial charge in [0.1, 0.15) is 24.3 Å². The topological polar surface area (TPSA) is 98.7 Å². The summed E-state index contributed by atoms with van der Waals surface area (Å²) in [6, 6.07) is 9.96. The average molecular weight is 471 g/mol. The molecule has 0 atom stereocenters. The van der Waals surface area contributed by atoms with Crippen molar-refractivity contribution in [1.82, 2.24) is 15.0 Å². The zero-order valence-electron chi connectivity index (χ0n) is 16.8. The van der Waals surface area contributed by atoms with Crippen LogP contribution in [0.3, 0.4) is 0 Å². The molecule has 0 aliphatic heterocycles. The molecule has 0 unspecified atom stereocenters. The molecule has 0 spiro atoms. The molecular formula is C22H17Cl2FN6O. The largest absolute Gasteiger partial charge is 0.379 e. The highest BCUT2D eigenvalue weighted by Crippen LogP contribution is 2.35. The lowest BCUT2D eigenvalue weighted by Gasteiger charge is -2.14. The molecule has 0 radical (unpaired) electrons. The van der Waals surface area contributed by atoms with Gasteiger partial charge in [0.25, 0.3) is 0 Å². The lowest BCUT2D eigenvalue weighted by molar-refractivity contribution is 0.178. The molecule has 0 saturated carbocycles. The standard InChI is InChI=1S/C22H17Cl2FN6O/c1-32-11-20-28-10-15(30-20)9-27-14-4-16-21(31-13-2-3-19(25)17(23)5-13)12(7-26)8-29-22(16)18(24)6-14/h2-6,8,10,27H,9,11H2,1H3,(H,28,30)(H,29,31). The number of aromatic nitrogens is 3. The molecule has 2 heterocycles. The van der Waals surface area contributed by atoms with E-state index in [4.69, 9.17) is 27.9 Å². The number of benzene rings is 2. The summed E-state index contributed by atoms with van der Waals surface area (Å²) in [5.74, 6) is 0.201. The van der Waals surface area contributed by atoms with Crippen LogP contribution < -0.4 is 10.6 Å². The molecule has 4 rings (SSSR count). The van der Waals surface area contributed by atoms with Gasteiger partial charge in [0.15, 0.2) is 0 Å². The molecule has 3 N–H and O–H groups in total. The number of aromatic amines is 1. The molecule has 10 heteroatoms. The molecule has 4 aromatic rings. The summed E-state index contributed by atoms with van der Waals surface area (Å²) < 4.78 is 18.6. The maximum atomic E-state index is 13.5. The van der Waals surface area contributed by atoms with Gasteiger partial charge in [-0.2, -0.15) is 5.26 Å². The number of hydrogen-bond acceptors (Lipinski definition) is 6. The maximum Gasteiger partial charge on any atom is 0.141 e. The molecule has 0 aliphatic carbocycles. The van der Waals surface area contributed by atoms with Crippen molar-refractivity contribution in [2.75, 3.05) is 17.7 Å². The van der Waals surface area contributed by atoms with E-state index in [1.165, 1.54) is 24.4 Å². The Hall–Kier alpha value is -3.38. The summed E-state index contributed by atoms with van der Waals surface area (Å²) in [7, 11) is 1.60. The minimum absolute atomic E-state index is 0.0281. The number of methoxy groups -OCH3 is 1. The van der Waals surface area contributed by atoms with E-state index in [1.807, 2.05) is 6.07 Å². The van der Waals surface area contributed by atoms with Crippen LogP contribution in [0.15, 0.2) is 42.7 Å². The van der Waals surface area contributed by atoms with Crippen molar-refractivity contribution in [3.8, 4) is 6.07 Å². The van der Waals surface area contributed by atoms with Crippen LogP contribution in [0, 0.1) is 17.1 Å². The van der Waals surface area contributed by atoms with E-state index in [0.29, 0.717) is 46.0 Å². The number of imidazole rings is 1. The fourth-order valence-corrected chi connectivity index (χ4v) is 3.65. The Bertz CT molecular complexity index is 1330. The maximum absolute atomic E-state index is 13.5. The number of nitriles is 1. The zero-order valence-corrected chi connectivity index (χ0v) is 18.4. The van der Waals surface area contributed by atoms with E-state index in [-0.39, 0.29) is 5.02 Å². The number of anilines is 3. The van der Waals surface area contributed by atoms with Gasteiger partial charge in [-0.15, -0.1) is 0 Å². The van der Waals surface area contributed by atoms with Gasteiger partial charge in [0.2, 0.25) is 0 Å². The molecule has 0 amide bonds. The van der Waals surface area contributed by atoms with Crippen LogP contribution in [0.2, 0.25) is 10.0 Å². The van der Waals surface area contributed by atoms with Gasteiger partial charge in [-0.3, -0.25) is 4.98 Å². The summed E-state index contributed by atoms with van der Waals surface area (Å²) in [5.41, 5.74) is 3.45. The highest BCUT2D eigenvalue weighted by Gasteiger charge is 2.14. The van der Waals surface area contributed by atoms with Crippen molar-refractivity contribution in [1.29, 1.82) is 5.26 Å². The van der Waals surface area contributed by atoms with Gasteiger partial charge in [0.05, 0.1) is 45.2 Å². The number of nitrogens with one attached hydrogen (secondary N) is 3. The molecule has 7 nitrogen and oxygen atoms in total. The van der Waals surface area contributed by atoms with Crippen molar-refractivity contribution < 1.29 is 9.13 Å². The predicted molar refractivity (Wildman–Crippen MR) is 123 cm³/mol. The predicted octanol–water partition coefficient (Wildman–Crippen LogP) is 5.78. The molecule has 2 aromatic carbocycles. The number of fused-ring (bicyclic) bond motifs is 1. The summed E-state index contributed by atoms with van der Waals surface area (Å²) in [6.07, 6.45) is 3.17. The van der Waals surface area contributed by atoms with E-state index in [1.54, 1.807) is 19.4 Å². The van der Waals surface area contributed by atoms with Crippen LogP contribution in [0.25, 0.3) is 10.9 Å². The van der Waals surface area contributed by atoms with Crippen LogP contribution in [0.4, 0.5) is 21.5 Å². The van der Waals surface area contributed by atoms with E-state index >= 15 is 0 Å². The minimum Gasteiger partial charge on any atom is -0.379 e. The molecular weight excluding hydrogens is 454 g/mol. The second-order valence-corrected chi connectivity index (χ2v) is 7.72. The van der Waals surface area contributed by atoms with Gasteiger partial charge < -0.3 is 20.4 Å². The fourth-order valence-electron chi connectivity index (χ4n) is 3.20. The zero-order chi connectivity index (χ0) is 22.7. The third kappa shape index (κ3) is 4.60. The molecule has 0 bridgehead atoms. The fraction of sp³-hybridized carbons (Fsp3) is 0.136. The monoisotopic (exact) mass is 470 g/mol. The van der Waals surface area contributed by atoms with Gasteiger partial charge in [-0.05, 0) is 30.3 Å². The number of ether oxygens (including phenoxy) is 1. The first-order valence-electron chi connectivity index (χ1n) is 9.48. The van der Waals surface area contributed by atoms with Crippen molar-refractivity contribution >= 4 is 51.2 Å². The Kier molecular flexibility index (Phi) is 6.42. The third-order valence-electron chi connectivity index (χ3n) is 4.68. The number of H-pyrrole nitrogens is 1. The Morgan fingerprint density at radius 2 is 1.94 bits per heavy atom. The van der Waals surface area contributed by atoms with Gasteiger partial charge in [0, 0.05) is 30.1 Å². The Balaban J connectivity index is 1.69. The highest BCUT2D eigenvalue weighted by atomic mass is 35.5. The average Bonchev–Trinajstić information content (AvgIpc) is 3.23. The van der Waals surface area contributed by atoms with Gasteiger partial charge in [-0.25, -0.2) is 9.37 Å². The van der Waals surface area contributed by atoms with Crippen molar-refractivity contribution in [2.45, 2.75) is 13.2 Å². The van der Waals surface area contributed by atoms with E-state index in [0.717, 1.165) is 17.2 Å². The first-order valence-corrected chi connectivity index (χ1v) is 10.2. The number of halogens is 3. The Morgan fingerprint density at radius 1 is 1.12 bits per heavy atom. The van der Waals surface area contributed by atoms with Gasteiger partial charge in [-0.1, -0.05) is 23.2 Å². The number of pyridine rings is 1. The normalized spacial score (nSPS) is 10.8. The first kappa shape index (κ1) is 21.8. The second kappa shape index (κ2) is 9.40. The van der Waals surface area contributed by atoms with Crippen molar-refractivity contribution in [3.05, 3.63) is 75.7 Å².